The van der Waals surface area contributed by atoms with Crippen molar-refractivity contribution in [2.24, 2.45) is 0 Å². The predicted octanol–water partition coefficient (Wildman–Crippen LogP) is -0.845. The number of carbonyl (C=O) groups excluding carboxylic acids is 3. The molecule has 0 spiro atoms. The van der Waals surface area contributed by atoms with E-state index in [0.29, 0.717) is 6.54 Å². The van der Waals surface area contributed by atoms with Crippen molar-refractivity contribution in [2.75, 3.05) is 18.1 Å². The summed E-state index contributed by atoms with van der Waals surface area (Å²) in [5.41, 5.74) is 0. The van der Waals surface area contributed by atoms with Gasteiger partial charge in [0.15, 0.2) is 0 Å². The third kappa shape index (κ3) is 8.89. The zero-order valence-corrected chi connectivity index (χ0v) is 11.5. The van der Waals surface area contributed by atoms with Crippen LogP contribution in [0.1, 0.15) is 13.8 Å². The van der Waals surface area contributed by atoms with Crippen molar-refractivity contribution in [3.8, 4) is 0 Å². The van der Waals surface area contributed by atoms with Crippen LogP contribution in [0, 0.1) is 0 Å². The summed E-state index contributed by atoms with van der Waals surface area (Å²) in [7, 11) is 0. The van der Waals surface area contributed by atoms with E-state index >= 15 is 0 Å². The number of imide groups is 1. The minimum absolute atomic E-state index is 0.0394. The number of carboxylic acids is 1. The van der Waals surface area contributed by atoms with Crippen LogP contribution in [0.25, 0.3) is 0 Å². The Labute approximate surface area is 114 Å². The number of hydrogen-bond acceptors (Lipinski definition) is 5. The molecule has 0 unspecified atom stereocenters. The number of urea groups is 1. The Bertz CT molecular complexity index is 361. The lowest BCUT2D eigenvalue weighted by Gasteiger charge is -2.12. The summed E-state index contributed by atoms with van der Waals surface area (Å²) in [5.74, 6) is -2.19. The molecule has 0 aliphatic rings. The molecule has 0 saturated heterocycles. The summed E-state index contributed by atoms with van der Waals surface area (Å²) in [5, 5.41) is 15.5. The Hall–Kier alpha value is -1.77. The number of hydrogen-bond donors (Lipinski definition) is 4. The maximum atomic E-state index is 11.3. The molecule has 0 bridgehead atoms. The van der Waals surface area contributed by atoms with E-state index in [2.05, 4.69) is 16.0 Å². The smallest absolute Gasteiger partial charge is 0.327 e. The summed E-state index contributed by atoms with van der Waals surface area (Å²) in [6.07, 6.45) is 0. The van der Waals surface area contributed by atoms with E-state index in [1.54, 1.807) is 6.92 Å². The molecular formula is C10H17N3O5S. The molecule has 0 aliphatic carbocycles. The number of carboxylic acid groups (broad SMARTS) is 1. The molecule has 0 fully saturated rings. The van der Waals surface area contributed by atoms with E-state index in [0.717, 1.165) is 11.8 Å². The van der Waals surface area contributed by atoms with Crippen molar-refractivity contribution < 1.29 is 24.3 Å². The fourth-order valence-electron chi connectivity index (χ4n) is 1.06. The second-order valence-electron chi connectivity index (χ2n) is 3.51. The van der Waals surface area contributed by atoms with Gasteiger partial charge < -0.3 is 15.7 Å². The Morgan fingerprint density at radius 2 is 1.89 bits per heavy atom. The summed E-state index contributed by atoms with van der Waals surface area (Å²) >= 11 is 1.01. The second kappa shape index (κ2) is 9.20. The van der Waals surface area contributed by atoms with Crippen LogP contribution in [-0.4, -0.2) is 53.0 Å². The molecule has 4 amide bonds. The molecule has 0 aromatic carbocycles. The highest BCUT2D eigenvalue weighted by molar-refractivity contribution is 8.00. The molecule has 8 nitrogen and oxygen atoms in total. The monoisotopic (exact) mass is 291 g/mol. The maximum absolute atomic E-state index is 11.3. The zero-order chi connectivity index (χ0) is 14.8. The van der Waals surface area contributed by atoms with Gasteiger partial charge in [-0.1, -0.05) is 0 Å². The third-order valence-corrected chi connectivity index (χ3v) is 2.82. The van der Waals surface area contributed by atoms with Gasteiger partial charge in [-0.3, -0.25) is 14.9 Å². The van der Waals surface area contributed by atoms with Crippen LogP contribution in [0.5, 0.6) is 0 Å². The van der Waals surface area contributed by atoms with E-state index in [9.17, 15) is 19.2 Å². The fraction of sp³-hybridized carbons (Fsp3) is 0.600. The Balaban J connectivity index is 3.98. The molecule has 0 aromatic heterocycles. The van der Waals surface area contributed by atoms with Gasteiger partial charge in [-0.2, -0.15) is 0 Å². The van der Waals surface area contributed by atoms with Gasteiger partial charge in [0.2, 0.25) is 11.8 Å². The number of thioether (sulfide) groups is 1. The Kier molecular flexibility index (Phi) is 8.34. The van der Waals surface area contributed by atoms with Gasteiger partial charge in [-0.05, 0) is 6.92 Å². The van der Waals surface area contributed by atoms with Crippen molar-refractivity contribution in [1.82, 2.24) is 16.0 Å². The van der Waals surface area contributed by atoms with Crippen molar-refractivity contribution in [3.05, 3.63) is 0 Å². The first-order valence-electron chi connectivity index (χ1n) is 5.52. The van der Waals surface area contributed by atoms with Crippen molar-refractivity contribution >= 4 is 35.6 Å². The van der Waals surface area contributed by atoms with Gasteiger partial charge in [0.05, 0.1) is 5.75 Å². The molecular weight excluding hydrogens is 274 g/mol. The fourth-order valence-corrected chi connectivity index (χ4v) is 1.89. The average molecular weight is 291 g/mol. The minimum atomic E-state index is -1.17. The van der Waals surface area contributed by atoms with Crippen LogP contribution in [0.4, 0.5) is 4.79 Å². The van der Waals surface area contributed by atoms with Gasteiger partial charge in [-0.25, -0.2) is 9.59 Å². The number of amides is 4. The van der Waals surface area contributed by atoms with Crippen molar-refractivity contribution in [1.29, 1.82) is 0 Å². The average Bonchev–Trinajstić information content (AvgIpc) is 2.27. The lowest BCUT2D eigenvalue weighted by atomic mass is 10.3. The summed E-state index contributed by atoms with van der Waals surface area (Å²) in [6.45, 7) is 3.32. The van der Waals surface area contributed by atoms with Crippen LogP contribution in [0.2, 0.25) is 0 Å². The highest BCUT2D eigenvalue weighted by atomic mass is 32.2. The van der Waals surface area contributed by atoms with E-state index in [-0.39, 0.29) is 11.5 Å². The molecule has 4 N–H and O–H groups in total. The number of nitrogens with one attached hydrogen (secondary N) is 3. The molecule has 0 rings (SSSR count). The topological polar surface area (TPSA) is 125 Å². The highest BCUT2D eigenvalue weighted by Crippen LogP contribution is 2.03. The normalized spacial score (nSPS) is 11.3. The molecule has 1 atom stereocenters. The van der Waals surface area contributed by atoms with Gasteiger partial charge in [-0.15, -0.1) is 11.8 Å². The van der Waals surface area contributed by atoms with Crippen LogP contribution in [-0.2, 0) is 14.4 Å². The molecule has 0 radical (unpaired) electrons. The van der Waals surface area contributed by atoms with Crippen LogP contribution >= 0.6 is 11.8 Å². The number of carbonyl (C=O) groups is 4. The Morgan fingerprint density at radius 3 is 2.37 bits per heavy atom. The standard InChI is InChI=1S/C10H17N3O5S/c1-3-11-10(18)13-8(15)5-19-4-7(9(16)17)12-6(2)14/h7H,3-5H2,1-2H3,(H,12,14)(H,16,17)(H2,11,13,15,18)/t7-/m0/s1. The number of rotatable bonds is 7. The molecule has 0 aliphatic heterocycles. The first kappa shape index (κ1) is 17.2. The van der Waals surface area contributed by atoms with Crippen molar-refractivity contribution in [3.63, 3.8) is 0 Å². The molecule has 108 valence electrons. The highest BCUT2D eigenvalue weighted by Gasteiger charge is 2.18. The summed E-state index contributed by atoms with van der Waals surface area (Å²) in [6, 6.07) is -1.65. The first-order valence-corrected chi connectivity index (χ1v) is 6.67. The van der Waals surface area contributed by atoms with E-state index in [4.69, 9.17) is 5.11 Å². The Morgan fingerprint density at radius 1 is 1.26 bits per heavy atom. The minimum Gasteiger partial charge on any atom is -0.480 e. The summed E-state index contributed by atoms with van der Waals surface area (Å²) in [4.78, 5) is 43.8. The van der Waals surface area contributed by atoms with E-state index in [1.165, 1.54) is 6.92 Å². The van der Waals surface area contributed by atoms with Crippen LogP contribution in [0.3, 0.4) is 0 Å². The van der Waals surface area contributed by atoms with Gasteiger partial charge in [0.25, 0.3) is 0 Å². The van der Waals surface area contributed by atoms with E-state index < -0.39 is 29.9 Å². The zero-order valence-electron chi connectivity index (χ0n) is 10.7. The first-order chi connectivity index (χ1) is 8.86. The lowest BCUT2D eigenvalue weighted by Crippen LogP contribution is -2.42. The summed E-state index contributed by atoms with van der Waals surface area (Å²) < 4.78 is 0. The SMILES string of the molecule is CCNC(=O)NC(=O)CSC[C@H](NC(C)=O)C(=O)O. The lowest BCUT2D eigenvalue weighted by molar-refractivity contribution is -0.140. The second-order valence-corrected chi connectivity index (χ2v) is 4.54. The van der Waals surface area contributed by atoms with Gasteiger partial charge in [0, 0.05) is 19.2 Å². The predicted molar refractivity (Wildman–Crippen MR) is 69.8 cm³/mol. The quantitative estimate of drug-likeness (QED) is 0.484. The molecule has 0 aromatic rings. The molecule has 19 heavy (non-hydrogen) atoms. The third-order valence-electron chi connectivity index (χ3n) is 1.78. The number of aliphatic carboxylic acids is 1. The van der Waals surface area contributed by atoms with Gasteiger partial charge in [0.1, 0.15) is 6.04 Å². The molecule has 9 heteroatoms. The maximum Gasteiger partial charge on any atom is 0.327 e. The van der Waals surface area contributed by atoms with Gasteiger partial charge >= 0.3 is 12.0 Å². The van der Waals surface area contributed by atoms with Crippen LogP contribution in [0.15, 0.2) is 0 Å². The molecule has 0 saturated carbocycles. The van der Waals surface area contributed by atoms with E-state index in [1.807, 2.05) is 0 Å². The largest absolute Gasteiger partial charge is 0.480 e. The van der Waals surface area contributed by atoms with Crippen molar-refractivity contribution in [2.45, 2.75) is 19.9 Å². The molecule has 0 heterocycles. The van der Waals surface area contributed by atoms with Crippen LogP contribution < -0.4 is 16.0 Å².